The van der Waals surface area contributed by atoms with Crippen molar-refractivity contribution in [2.24, 2.45) is 0 Å². The van der Waals surface area contributed by atoms with Crippen LogP contribution in [0.25, 0.3) is 0 Å². The summed E-state index contributed by atoms with van der Waals surface area (Å²) in [5, 5.41) is 31.3. The number of hydrogen-bond donors (Lipinski definition) is 4. The van der Waals surface area contributed by atoms with E-state index in [0.717, 1.165) is 0 Å². The Bertz CT molecular complexity index is 753. The Labute approximate surface area is 155 Å². The second kappa shape index (κ2) is 8.93. The molecule has 2 aromatic rings. The van der Waals surface area contributed by atoms with Crippen molar-refractivity contribution >= 4 is 17.8 Å². The number of carboxylic acid groups (broad SMARTS) is 1. The summed E-state index contributed by atoms with van der Waals surface area (Å²) < 4.78 is 4.65. The van der Waals surface area contributed by atoms with Crippen LogP contribution < -0.4 is 5.32 Å². The van der Waals surface area contributed by atoms with E-state index < -0.39 is 42.7 Å². The standard InChI is InChI=1S/C19H19NO7/c21-15(11-16(22)23)17(24)27-12-20-18(25)19(26,13-7-3-1-4-8-13)14-9-5-2-6-10-14/h1-10,15,21,26H,11-12H2,(H,20,25)(H,22,23)/t15-/m0/s1. The molecular formula is C19H19NO7. The summed E-state index contributed by atoms with van der Waals surface area (Å²) >= 11 is 0. The summed E-state index contributed by atoms with van der Waals surface area (Å²) in [6, 6.07) is 16.4. The number of nitrogens with one attached hydrogen (secondary N) is 1. The van der Waals surface area contributed by atoms with E-state index in [9.17, 15) is 24.6 Å². The third-order valence-corrected chi connectivity index (χ3v) is 3.80. The highest BCUT2D eigenvalue weighted by Crippen LogP contribution is 2.29. The normalized spacial score (nSPS) is 12.1. The van der Waals surface area contributed by atoms with E-state index in [1.165, 1.54) is 0 Å². The molecule has 0 saturated heterocycles. The molecule has 142 valence electrons. The maximum atomic E-state index is 12.7. The number of benzene rings is 2. The van der Waals surface area contributed by atoms with Crippen LogP contribution in [-0.4, -0.2) is 46.0 Å². The number of aliphatic hydroxyl groups is 2. The smallest absolute Gasteiger partial charge is 0.337 e. The zero-order valence-electron chi connectivity index (χ0n) is 14.2. The molecule has 4 N–H and O–H groups in total. The number of aliphatic carboxylic acids is 1. The number of carbonyl (C=O) groups is 3. The molecule has 0 aliphatic carbocycles. The molecule has 2 rings (SSSR count). The molecule has 0 heterocycles. The van der Waals surface area contributed by atoms with Crippen LogP contribution in [0.5, 0.6) is 0 Å². The molecular weight excluding hydrogens is 354 g/mol. The minimum Gasteiger partial charge on any atom is -0.481 e. The van der Waals surface area contributed by atoms with Gasteiger partial charge in [-0.1, -0.05) is 60.7 Å². The van der Waals surface area contributed by atoms with Gasteiger partial charge in [0.2, 0.25) is 0 Å². The SMILES string of the molecule is O=C(O)C[C@H](O)C(=O)OCNC(=O)C(O)(c1ccccc1)c1ccccc1. The minimum absolute atomic E-state index is 0.311. The Balaban J connectivity index is 2.12. The molecule has 2 aromatic carbocycles. The molecule has 27 heavy (non-hydrogen) atoms. The fraction of sp³-hybridized carbons (Fsp3) is 0.211. The first kappa shape index (κ1) is 20.1. The summed E-state index contributed by atoms with van der Waals surface area (Å²) in [5.41, 5.74) is -1.41. The van der Waals surface area contributed by atoms with Crippen molar-refractivity contribution in [3.05, 3.63) is 71.8 Å². The molecule has 0 aliphatic rings. The van der Waals surface area contributed by atoms with Crippen LogP contribution in [0.15, 0.2) is 60.7 Å². The molecule has 8 nitrogen and oxygen atoms in total. The summed E-state index contributed by atoms with van der Waals surface area (Å²) in [4.78, 5) is 34.7. The predicted octanol–water partition coefficient (Wildman–Crippen LogP) is 0.375. The van der Waals surface area contributed by atoms with Gasteiger partial charge >= 0.3 is 11.9 Å². The lowest BCUT2D eigenvalue weighted by Crippen LogP contribution is -2.46. The van der Waals surface area contributed by atoms with Crippen LogP contribution in [0.2, 0.25) is 0 Å². The number of ether oxygens (including phenoxy) is 1. The predicted molar refractivity (Wildman–Crippen MR) is 93.2 cm³/mol. The van der Waals surface area contributed by atoms with Crippen molar-refractivity contribution in [3.63, 3.8) is 0 Å². The lowest BCUT2D eigenvalue weighted by molar-refractivity contribution is -0.160. The van der Waals surface area contributed by atoms with Gasteiger partial charge in [-0.3, -0.25) is 9.59 Å². The van der Waals surface area contributed by atoms with Gasteiger partial charge in [-0.15, -0.1) is 0 Å². The Morgan fingerprint density at radius 2 is 1.44 bits per heavy atom. The van der Waals surface area contributed by atoms with E-state index >= 15 is 0 Å². The molecule has 1 atom stereocenters. The number of esters is 1. The lowest BCUT2D eigenvalue weighted by Gasteiger charge is -2.28. The van der Waals surface area contributed by atoms with Crippen molar-refractivity contribution < 1.29 is 34.4 Å². The number of aliphatic hydroxyl groups excluding tert-OH is 1. The van der Waals surface area contributed by atoms with Gasteiger partial charge in [0, 0.05) is 0 Å². The molecule has 0 aliphatic heterocycles. The van der Waals surface area contributed by atoms with Gasteiger partial charge < -0.3 is 25.4 Å². The van der Waals surface area contributed by atoms with Crippen molar-refractivity contribution in [1.29, 1.82) is 0 Å². The van der Waals surface area contributed by atoms with Crippen molar-refractivity contribution in [2.75, 3.05) is 6.73 Å². The Hall–Kier alpha value is -3.23. The monoisotopic (exact) mass is 373 g/mol. The molecule has 1 amide bonds. The van der Waals surface area contributed by atoms with Gasteiger partial charge in [-0.2, -0.15) is 0 Å². The Kier molecular flexibility index (Phi) is 6.64. The fourth-order valence-corrected chi connectivity index (χ4v) is 2.43. The van der Waals surface area contributed by atoms with Crippen LogP contribution in [0.1, 0.15) is 17.5 Å². The molecule has 0 spiro atoms. The average molecular weight is 373 g/mol. The number of carbonyl (C=O) groups excluding carboxylic acids is 2. The minimum atomic E-state index is -2.03. The summed E-state index contributed by atoms with van der Waals surface area (Å²) in [6.07, 6.45) is -2.66. The van der Waals surface area contributed by atoms with E-state index in [4.69, 9.17) is 5.11 Å². The third kappa shape index (κ3) is 4.90. The van der Waals surface area contributed by atoms with E-state index in [-0.39, 0.29) is 0 Å². The zero-order valence-corrected chi connectivity index (χ0v) is 14.2. The quantitative estimate of drug-likeness (QED) is 0.388. The molecule has 0 bridgehead atoms. The first-order valence-electron chi connectivity index (χ1n) is 8.04. The van der Waals surface area contributed by atoms with Crippen LogP contribution >= 0.6 is 0 Å². The molecule has 0 unspecified atom stereocenters. The highest BCUT2D eigenvalue weighted by atomic mass is 16.6. The largest absolute Gasteiger partial charge is 0.481 e. The topological polar surface area (TPSA) is 133 Å². The fourth-order valence-electron chi connectivity index (χ4n) is 2.43. The van der Waals surface area contributed by atoms with Crippen LogP contribution in [0, 0.1) is 0 Å². The van der Waals surface area contributed by atoms with E-state index in [0.29, 0.717) is 11.1 Å². The average Bonchev–Trinajstić information content (AvgIpc) is 2.67. The number of rotatable bonds is 8. The van der Waals surface area contributed by atoms with Gasteiger partial charge in [-0.05, 0) is 11.1 Å². The van der Waals surface area contributed by atoms with Crippen molar-refractivity contribution in [1.82, 2.24) is 5.32 Å². The van der Waals surface area contributed by atoms with Gasteiger partial charge in [-0.25, -0.2) is 4.79 Å². The third-order valence-electron chi connectivity index (χ3n) is 3.80. The molecule has 0 fully saturated rings. The van der Waals surface area contributed by atoms with Crippen LogP contribution in [0.4, 0.5) is 0 Å². The lowest BCUT2D eigenvalue weighted by atomic mass is 9.85. The second-order valence-corrected chi connectivity index (χ2v) is 5.67. The Morgan fingerprint density at radius 1 is 0.963 bits per heavy atom. The molecule has 0 radical (unpaired) electrons. The van der Waals surface area contributed by atoms with Gasteiger partial charge in [0.15, 0.2) is 18.4 Å². The van der Waals surface area contributed by atoms with E-state index in [2.05, 4.69) is 10.1 Å². The van der Waals surface area contributed by atoms with Gasteiger partial charge in [0.05, 0.1) is 6.42 Å². The number of hydrogen-bond acceptors (Lipinski definition) is 6. The van der Waals surface area contributed by atoms with Crippen molar-refractivity contribution in [2.45, 2.75) is 18.1 Å². The van der Waals surface area contributed by atoms with Crippen molar-refractivity contribution in [3.8, 4) is 0 Å². The molecule has 0 aromatic heterocycles. The number of carboxylic acids is 1. The van der Waals surface area contributed by atoms with E-state index in [1.807, 2.05) is 0 Å². The van der Waals surface area contributed by atoms with E-state index in [1.54, 1.807) is 60.7 Å². The molecule has 0 saturated carbocycles. The van der Waals surface area contributed by atoms with Gasteiger partial charge in [0.25, 0.3) is 5.91 Å². The highest BCUT2D eigenvalue weighted by Gasteiger charge is 2.39. The first-order valence-corrected chi connectivity index (χ1v) is 8.04. The zero-order chi connectivity index (χ0) is 19.9. The van der Waals surface area contributed by atoms with Crippen LogP contribution in [-0.2, 0) is 24.7 Å². The Morgan fingerprint density at radius 3 is 1.89 bits per heavy atom. The molecule has 8 heteroatoms. The maximum absolute atomic E-state index is 12.7. The summed E-state index contributed by atoms with van der Waals surface area (Å²) in [5.74, 6) is -3.41. The maximum Gasteiger partial charge on any atom is 0.337 e. The summed E-state index contributed by atoms with van der Waals surface area (Å²) in [6.45, 7) is -0.643. The number of amides is 1. The first-order chi connectivity index (χ1) is 12.9. The van der Waals surface area contributed by atoms with Gasteiger partial charge in [0.1, 0.15) is 0 Å². The van der Waals surface area contributed by atoms with Crippen LogP contribution in [0.3, 0.4) is 0 Å². The second-order valence-electron chi connectivity index (χ2n) is 5.67. The summed E-state index contributed by atoms with van der Waals surface area (Å²) in [7, 11) is 0. The highest BCUT2D eigenvalue weighted by molar-refractivity contribution is 5.90.